The normalized spacial score (nSPS) is 21.0. The maximum absolute atomic E-state index is 13.7. The molecule has 0 spiro atoms. The number of nitrogens with zero attached hydrogens (tertiary/aromatic N) is 4. The van der Waals surface area contributed by atoms with Crippen LogP contribution in [0.4, 0.5) is 0 Å². The van der Waals surface area contributed by atoms with Gasteiger partial charge >= 0.3 is 0 Å². The van der Waals surface area contributed by atoms with Gasteiger partial charge < -0.3 is 4.42 Å². The number of benzene rings is 2. The maximum Gasteiger partial charge on any atom is 0.266 e. The molecule has 2 aromatic heterocycles. The Morgan fingerprint density at radius 1 is 1.05 bits per heavy atom. The van der Waals surface area contributed by atoms with Gasteiger partial charge in [0.25, 0.3) is 5.91 Å². The van der Waals surface area contributed by atoms with Crippen molar-refractivity contribution in [3.05, 3.63) is 95.4 Å². The summed E-state index contributed by atoms with van der Waals surface area (Å²) >= 11 is 6.74. The number of hydrogen-bond acceptors (Lipinski definition) is 7. The highest BCUT2D eigenvalue weighted by Crippen LogP contribution is 2.36. The molecule has 42 heavy (non-hydrogen) atoms. The first kappa shape index (κ1) is 28.6. The minimum atomic E-state index is -3.69. The van der Waals surface area contributed by atoms with Crippen molar-refractivity contribution >= 4 is 50.3 Å². The molecule has 0 bridgehead atoms. The van der Waals surface area contributed by atoms with E-state index in [9.17, 15) is 13.2 Å². The summed E-state index contributed by atoms with van der Waals surface area (Å²) in [7, 11) is -3.69. The number of thioether (sulfide) groups is 1. The van der Waals surface area contributed by atoms with Crippen LogP contribution in [0.15, 0.2) is 93.4 Å². The molecule has 0 N–H and O–H groups in total. The molecule has 0 saturated carbocycles. The first-order valence-corrected chi connectivity index (χ1v) is 16.4. The van der Waals surface area contributed by atoms with E-state index in [-0.39, 0.29) is 17.3 Å². The quantitative estimate of drug-likeness (QED) is 0.180. The van der Waals surface area contributed by atoms with Crippen LogP contribution in [0.3, 0.4) is 0 Å². The maximum atomic E-state index is 13.7. The Bertz CT molecular complexity index is 1750. The molecule has 2 atom stereocenters. The minimum Gasteiger partial charge on any atom is -0.467 e. The average Bonchev–Trinajstić information content (AvgIpc) is 3.71. The largest absolute Gasteiger partial charge is 0.467 e. The molecule has 2 aromatic carbocycles. The van der Waals surface area contributed by atoms with E-state index >= 15 is 0 Å². The number of hydrogen-bond donors (Lipinski definition) is 0. The fraction of sp³-hybridized carbons (Fsp3) is 0.258. The van der Waals surface area contributed by atoms with Crippen molar-refractivity contribution in [3.8, 4) is 16.9 Å². The topological polar surface area (TPSA) is 88.7 Å². The van der Waals surface area contributed by atoms with Crippen LogP contribution in [-0.4, -0.2) is 50.7 Å². The number of furan rings is 1. The van der Waals surface area contributed by atoms with E-state index in [1.807, 2.05) is 42.6 Å². The lowest BCUT2D eigenvalue weighted by Crippen LogP contribution is -2.42. The second-order valence-electron chi connectivity index (χ2n) is 10.9. The molecule has 2 fully saturated rings. The van der Waals surface area contributed by atoms with Crippen molar-refractivity contribution in [1.29, 1.82) is 0 Å². The predicted molar refractivity (Wildman–Crippen MR) is 168 cm³/mol. The molecule has 2 aliphatic heterocycles. The van der Waals surface area contributed by atoms with Crippen molar-refractivity contribution in [2.24, 2.45) is 11.8 Å². The van der Waals surface area contributed by atoms with Crippen LogP contribution >= 0.6 is 24.0 Å². The zero-order chi connectivity index (χ0) is 29.4. The third-order valence-electron chi connectivity index (χ3n) is 7.40. The molecule has 216 valence electrons. The number of sulfonamides is 1. The smallest absolute Gasteiger partial charge is 0.266 e. The van der Waals surface area contributed by atoms with E-state index in [1.165, 1.54) is 16.7 Å². The Balaban J connectivity index is 1.39. The lowest BCUT2D eigenvalue weighted by atomic mass is 9.94. The Labute approximate surface area is 255 Å². The van der Waals surface area contributed by atoms with Gasteiger partial charge in [0.1, 0.15) is 15.8 Å². The lowest BCUT2D eigenvalue weighted by molar-refractivity contribution is -0.122. The second-order valence-corrected chi connectivity index (χ2v) is 14.5. The first-order chi connectivity index (χ1) is 20.2. The standard InChI is InChI=1S/C31H30N4O4S3/c1-21-14-22(2)18-33(17-21)42(37,38)27-12-6-8-23(15-27)29-24(19-35(32-29)25-9-4-3-5-10-25)16-28-30(36)34(31(40)41-28)20-26-11-7-13-39-26/h3-13,15-16,19,21-22H,14,17-18,20H2,1-2H3. The number of thiocarbonyl (C=S) groups is 1. The Hall–Kier alpha value is -3.51. The van der Waals surface area contributed by atoms with Crippen molar-refractivity contribution in [2.75, 3.05) is 13.1 Å². The van der Waals surface area contributed by atoms with E-state index in [4.69, 9.17) is 21.7 Å². The molecule has 2 unspecified atom stereocenters. The summed E-state index contributed by atoms with van der Waals surface area (Å²) in [4.78, 5) is 15.6. The minimum absolute atomic E-state index is 0.218. The lowest BCUT2D eigenvalue weighted by Gasteiger charge is -2.34. The molecule has 8 nitrogen and oxygen atoms in total. The van der Waals surface area contributed by atoms with Gasteiger partial charge in [-0.05, 0) is 60.7 Å². The number of aromatic nitrogens is 2. The summed E-state index contributed by atoms with van der Waals surface area (Å²) in [6.45, 7) is 5.44. The fourth-order valence-corrected chi connectivity index (χ4v) is 8.49. The van der Waals surface area contributed by atoms with Gasteiger partial charge in [0.05, 0.1) is 28.3 Å². The van der Waals surface area contributed by atoms with Gasteiger partial charge in [0.2, 0.25) is 10.0 Å². The van der Waals surface area contributed by atoms with Gasteiger partial charge in [0, 0.05) is 30.4 Å². The highest BCUT2D eigenvalue weighted by atomic mass is 32.2. The molecule has 11 heteroatoms. The summed E-state index contributed by atoms with van der Waals surface area (Å²) in [5, 5.41) is 4.86. The van der Waals surface area contributed by atoms with Crippen molar-refractivity contribution < 1.29 is 17.6 Å². The number of amides is 1. The molecule has 4 aromatic rings. The molecule has 2 saturated heterocycles. The first-order valence-electron chi connectivity index (χ1n) is 13.7. The van der Waals surface area contributed by atoms with Gasteiger partial charge in [-0.2, -0.15) is 9.40 Å². The van der Waals surface area contributed by atoms with Crippen molar-refractivity contribution in [3.63, 3.8) is 0 Å². The van der Waals surface area contributed by atoms with Gasteiger partial charge in [0.15, 0.2) is 0 Å². The van der Waals surface area contributed by atoms with Crippen molar-refractivity contribution in [1.82, 2.24) is 19.0 Å². The number of rotatable bonds is 7. The summed E-state index contributed by atoms with van der Waals surface area (Å²) < 4.78 is 36.6. The Morgan fingerprint density at radius 3 is 2.52 bits per heavy atom. The molecule has 4 heterocycles. The van der Waals surface area contributed by atoms with Gasteiger partial charge in [-0.1, -0.05) is 68.2 Å². The summed E-state index contributed by atoms with van der Waals surface area (Å²) in [5.41, 5.74) is 2.71. The van der Waals surface area contributed by atoms with Crippen LogP contribution in [-0.2, 0) is 21.4 Å². The summed E-state index contributed by atoms with van der Waals surface area (Å²) in [6, 6.07) is 20.1. The van der Waals surface area contributed by atoms with E-state index < -0.39 is 10.0 Å². The van der Waals surface area contributed by atoms with E-state index in [0.29, 0.717) is 56.7 Å². The van der Waals surface area contributed by atoms with Gasteiger partial charge in [-0.25, -0.2) is 13.1 Å². The number of para-hydroxylation sites is 1. The third-order valence-corrected chi connectivity index (χ3v) is 10.6. The van der Waals surface area contributed by atoms with Gasteiger partial charge in [-0.15, -0.1) is 0 Å². The van der Waals surface area contributed by atoms with Gasteiger partial charge in [-0.3, -0.25) is 9.69 Å². The third kappa shape index (κ3) is 5.74. The van der Waals surface area contributed by atoms with Crippen LogP contribution in [0.1, 0.15) is 31.6 Å². The van der Waals surface area contributed by atoms with E-state index in [1.54, 1.807) is 51.7 Å². The van der Waals surface area contributed by atoms with E-state index in [0.717, 1.165) is 12.1 Å². The second kappa shape index (κ2) is 11.6. The predicted octanol–water partition coefficient (Wildman–Crippen LogP) is 6.20. The zero-order valence-electron chi connectivity index (χ0n) is 23.2. The molecular weight excluding hydrogens is 589 g/mol. The van der Waals surface area contributed by atoms with Crippen LogP contribution in [0.2, 0.25) is 0 Å². The average molecular weight is 619 g/mol. The molecule has 0 aliphatic carbocycles. The number of carbonyl (C=O) groups excluding carboxylic acids is 1. The Kier molecular flexibility index (Phi) is 7.93. The highest BCUT2D eigenvalue weighted by molar-refractivity contribution is 8.26. The summed E-state index contributed by atoms with van der Waals surface area (Å²) in [6.07, 6.45) is 6.20. The Morgan fingerprint density at radius 2 is 1.81 bits per heavy atom. The molecule has 0 radical (unpaired) electrons. The fourth-order valence-electron chi connectivity index (χ4n) is 5.52. The monoisotopic (exact) mass is 618 g/mol. The van der Waals surface area contributed by atoms with Crippen LogP contribution in [0.5, 0.6) is 0 Å². The van der Waals surface area contributed by atoms with Crippen LogP contribution in [0.25, 0.3) is 23.0 Å². The molecule has 1 amide bonds. The number of carbonyl (C=O) groups is 1. The van der Waals surface area contributed by atoms with Crippen LogP contribution < -0.4 is 0 Å². The molecular formula is C31H30N4O4S3. The highest BCUT2D eigenvalue weighted by Gasteiger charge is 2.34. The SMILES string of the molecule is CC1CC(C)CN(S(=O)(=O)c2cccc(-c3nn(-c4ccccc4)cc3C=C3SC(=S)N(Cc4ccco4)C3=O)c2)C1. The molecule has 2 aliphatic rings. The van der Waals surface area contributed by atoms with Crippen LogP contribution in [0, 0.1) is 11.8 Å². The molecule has 6 rings (SSSR count). The summed E-state index contributed by atoms with van der Waals surface area (Å²) in [5.74, 6) is 1.02. The van der Waals surface area contributed by atoms with Crippen molar-refractivity contribution in [2.45, 2.75) is 31.7 Å². The van der Waals surface area contributed by atoms with E-state index in [2.05, 4.69) is 13.8 Å². The number of piperidine rings is 1. The zero-order valence-corrected chi connectivity index (χ0v) is 25.7.